The number of methoxy groups -OCH3 is 2. The molecule has 1 aliphatic carbocycles. The number of alkyl carbamates (subject to hydrolysis) is 1. The Morgan fingerprint density at radius 2 is 1.39 bits per heavy atom. The first-order chi connectivity index (χ1) is 29.6. The predicted molar refractivity (Wildman–Crippen MR) is 230 cm³/mol. The van der Waals surface area contributed by atoms with Crippen LogP contribution in [0.3, 0.4) is 0 Å². The maximum atomic E-state index is 14.4. The molecule has 3 fully saturated rings. The van der Waals surface area contributed by atoms with Crippen molar-refractivity contribution in [2.75, 3.05) is 33.9 Å². The van der Waals surface area contributed by atoms with Crippen LogP contribution in [-0.2, 0) is 19.1 Å². The molecule has 4 heterocycles. The van der Waals surface area contributed by atoms with E-state index in [9.17, 15) is 19.5 Å². The Balaban J connectivity index is 0.942. The maximum Gasteiger partial charge on any atom is 0.407 e. The number of H-pyrrole nitrogens is 2. The molecule has 0 radical (unpaired) electrons. The van der Waals surface area contributed by atoms with E-state index in [1.54, 1.807) is 7.11 Å². The lowest BCUT2D eigenvalue weighted by Gasteiger charge is -2.35. The van der Waals surface area contributed by atoms with Gasteiger partial charge in [0.25, 0.3) is 0 Å². The number of nitrogens with one attached hydrogen (secondary N) is 4. The number of hydrogen-bond donors (Lipinski definition) is 5. The number of carbonyl (C=O) groups is 3. The lowest BCUT2D eigenvalue weighted by atomic mass is 10.0. The molecule has 8 rings (SSSR count). The van der Waals surface area contributed by atoms with Crippen molar-refractivity contribution in [3.63, 3.8) is 0 Å². The van der Waals surface area contributed by atoms with Gasteiger partial charge in [0.2, 0.25) is 11.8 Å². The van der Waals surface area contributed by atoms with Crippen LogP contribution in [-0.4, -0.2) is 98.9 Å². The first-order valence-corrected chi connectivity index (χ1v) is 21.4. The molecular formula is C47H56N8O6. The van der Waals surface area contributed by atoms with Crippen molar-refractivity contribution in [1.82, 2.24) is 40.4 Å². The third-order valence-electron chi connectivity index (χ3n) is 12.4. The average Bonchev–Trinajstić information content (AvgIpc) is 3.67. The van der Waals surface area contributed by atoms with E-state index in [1.807, 2.05) is 66.4 Å². The minimum atomic E-state index is -0.894. The molecule has 6 atom stereocenters. The van der Waals surface area contributed by atoms with Crippen molar-refractivity contribution in [3.05, 3.63) is 108 Å². The highest BCUT2D eigenvalue weighted by Gasteiger charge is 2.42. The second kappa shape index (κ2) is 18.4. The second-order valence-corrected chi connectivity index (χ2v) is 16.9. The summed E-state index contributed by atoms with van der Waals surface area (Å²) < 4.78 is 10.3. The summed E-state index contributed by atoms with van der Waals surface area (Å²) in [5.41, 5.74) is 6.59. The first-order valence-electron chi connectivity index (χ1n) is 21.4. The monoisotopic (exact) mass is 828 g/mol. The standard InChI is InChI=1S/C47H56N8O6/c1-28(2)40(53-47(59)61-4)45(57)54-22-8-11-38(54)42-48-24-36(50-42)32-16-12-30(13-17-32)31-14-18-33(19-15-31)37-25-49-43(51-37)39-23-29(27-60-3)26-55(39)46(58)41(34-9-6-5-7-10-34)52-44(56)35-20-21-35/h5-7,9-10,12-19,24-25,28-29,35,38-41,45,57H,8,11,20-23,26-27H2,1-4H3,(H,48,50)(H,49,51)(H,52,56)(H,53,59)/t29-,38-,39-,40-,41+,45?/m0/s1. The van der Waals surface area contributed by atoms with Gasteiger partial charge in [-0.3, -0.25) is 14.5 Å². The highest BCUT2D eigenvalue weighted by atomic mass is 16.5. The van der Waals surface area contributed by atoms with E-state index in [4.69, 9.17) is 19.4 Å². The summed E-state index contributed by atoms with van der Waals surface area (Å²) in [4.78, 5) is 59.8. The molecule has 3 aromatic carbocycles. The third kappa shape index (κ3) is 9.26. The molecule has 2 saturated heterocycles. The fourth-order valence-electron chi connectivity index (χ4n) is 8.86. The number of likely N-dealkylation sites (tertiary alicyclic amines) is 2. The first kappa shape index (κ1) is 41.9. The number of rotatable bonds is 15. The number of aliphatic hydroxyl groups excluding tert-OH is 1. The van der Waals surface area contributed by atoms with Crippen LogP contribution in [0.15, 0.2) is 91.3 Å². The number of carbonyl (C=O) groups excluding carboxylic acids is 3. The van der Waals surface area contributed by atoms with Crippen molar-refractivity contribution in [1.29, 1.82) is 0 Å². The Kier molecular flexibility index (Phi) is 12.7. The van der Waals surface area contributed by atoms with Crippen molar-refractivity contribution in [3.8, 4) is 33.6 Å². The molecule has 14 heteroatoms. The fourth-order valence-corrected chi connectivity index (χ4v) is 8.86. The Hall–Kier alpha value is -5.83. The zero-order chi connectivity index (χ0) is 42.6. The Bertz CT molecular complexity index is 2270. The lowest BCUT2D eigenvalue weighted by molar-refractivity contribution is -0.138. The highest BCUT2D eigenvalue weighted by Crippen LogP contribution is 2.39. The Morgan fingerprint density at radius 1 is 0.803 bits per heavy atom. The molecule has 1 saturated carbocycles. The van der Waals surface area contributed by atoms with E-state index < -0.39 is 24.4 Å². The van der Waals surface area contributed by atoms with Crippen LogP contribution < -0.4 is 10.6 Å². The maximum absolute atomic E-state index is 14.4. The van der Waals surface area contributed by atoms with Crippen LogP contribution in [0, 0.1) is 17.8 Å². The van der Waals surface area contributed by atoms with Gasteiger partial charge in [0, 0.05) is 32.0 Å². The number of nitrogens with zero attached hydrogens (tertiary/aromatic N) is 4. The summed E-state index contributed by atoms with van der Waals surface area (Å²) in [6, 6.07) is 24.4. The zero-order valence-electron chi connectivity index (χ0n) is 35.2. The predicted octanol–water partition coefficient (Wildman–Crippen LogP) is 6.77. The number of imidazole rings is 2. The second-order valence-electron chi connectivity index (χ2n) is 16.9. The number of hydrogen-bond acceptors (Lipinski definition) is 9. The molecule has 3 amide bonds. The largest absolute Gasteiger partial charge is 0.453 e. The Morgan fingerprint density at radius 3 is 1.95 bits per heavy atom. The summed E-state index contributed by atoms with van der Waals surface area (Å²) in [7, 11) is 3.00. The van der Waals surface area contributed by atoms with Gasteiger partial charge in [-0.15, -0.1) is 0 Å². The van der Waals surface area contributed by atoms with Crippen LogP contribution in [0.1, 0.15) is 81.3 Å². The van der Waals surface area contributed by atoms with Crippen molar-refractivity contribution in [2.45, 2.75) is 76.3 Å². The minimum absolute atomic E-state index is 0.00919. The van der Waals surface area contributed by atoms with Crippen LogP contribution in [0.4, 0.5) is 4.79 Å². The summed E-state index contributed by atoms with van der Waals surface area (Å²) in [6.45, 7) is 5.64. The summed E-state index contributed by atoms with van der Waals surface area (Å²) in [6.07, 6.45) is 6.34. The van der Waals surface area contributed by atoms with E-state index in [1.165, 1.54) is 7.11 Å². The van der Waals surface area contributed by atoms with Crippen molar-refractivity contribution >= 4 is 17.9 Å². The number of amides is 3. The zero-order valence-corrected chi connectivity index (χ0v) is 35.2. The van der Waals surface area contributed by atoms with Crippen LogP contribution in [0.2, 0.25) is 0 Å². The van der Waals surface area contributed by atoms with Gasteiger partial charge in [0.15, 0.2) is 0 Å². The summed E-state index contributed by atoms with van der Waals surface area (Å²) in [5.74, 6) is 1.36. The van der Waals surface area contributed by atoms with E-state index in [0.717, 1.165) is 70.7 Å². The fraction of sp³-hybridized carbons (Fsp3) is 0.426. The van der Waals surface area contributed by atoms with Gasteiger partial charge >= 0.3 is 6.09 Å². The lowest BCUT2D eigenvalue weighted by Crippen LogP contribution is -2.54. The Labute approximate surface area is 356 Å². The smallest absolute Gasteiger partial charge is 0.407 e. The number of aliphatic hydroxyl groups is 1. The van der Waals surface area contributed by atoms with Gasteiger partial charge in [-0.25, -0.2) is 14.8 Å². The van der Waals surface area contributed by atoms with Gasteiger partial charge in [-0.1, -0.05) is 92.7 Å². The number of aromatic amines is 2. The molecule has 5 N–H and O–H groups in total. The third-order valence-corrected chi connectivity index (χ3v) is 12.4. The molecule has 0 spiro atoms. The molecule has 2 aliphatic heterocycles. The quantitative estimate of drug-likeness (QED) is 0.0762. The van der Waals surface area contributed by atoms with E-state index in [-0.39, 0.29) is 41.7 Å². The van der Waals surface area contributed by atoms with Gasteiger partial charge < -0.3 is 40.1 Å². The average molecular weight is 829 g/mol. The van der Waals surface area contributed by atoms with Crippen LogP contribution in [0.25, 0.3) is 33.6 Å². The van der Waals surface area contributed by atoms with Gasteiger partial charge in [0.1, 0.15) is 23.9 Å². The molecule has 14 nitrogen and oxygen atoms in total. The molecule has 2 aromatic heterocycles. The van der Waals surface area contributed by atoms with E-state index >= 15 is 0 Å². The van der Waals surface area contributed by atoms with Gasteiger partial charge in [0.05, 0.1) is 55.6 Å². The summed E-state index contributed by atoms with van der Waals surface area (Å²) in [5, 5.41) is 17.2. The molecule has 5 aromatic rings. The van der Waals surface area contributed by atoms with Crippen LogP contribution >= 0.6 is 0 Å². The van der Waals surface area contributed by atoms with E-state index in [2.05, 4.69) is 69.1 Å². The normalized spacial score (nSPS) is 20.7. The molecule has 0 bridgehead atoms. The van der Waals surface area contributed by atoms with Crippen molar-refractivity contribution in [2.24, 2.45) is 17.8 Å². The number of benzene rings is 3. The molecular weight excluding hydrogens is 773 g/mol. The SMILES string of the molecule is COC[C@H]1C[C@@H](c2ncc(-c3ccc(-c4ccc(-c5cnc([C@@H]6CCCN6C(O)[C@@H](NC(=O)OC)C(C)C)[nH]5)cc4)cc3)[nH]2)N(C(=O)[C@H](NC(=O)C2CC2)c2ccccc2)C1. The van der Waals surface area contributed by atoms with Crippen LogP contribution in [0.5, 0.6) is 0 Å². The van der Waals surface area contributed by atoms with Crippen molar-refractivity contribution < 1.29 is 29.0 Å². The molecule has 3 aliphatic rings. The molecule has 1 unspecified atom stereocenters. The molecule has 320 valence electrons. The number of ether oxygens (including phenoxy) is 2. The van der Waals surface area contributed by atoms with Gasteiger partial charge in [-0.05, 0) is 65.8 Å². The number of aromatic nitrogens is 4. The van der Waals surface area contributed by atoms with Gasteiger partial charge in [-0.2, -0.15) is 0 Å². The topological polar surface area (TPSA) is 178 Å². The van der Waals surface area contributed by atoms with E-state index in [0.29, 0.717) is 31.9 Å². The highest BCUT2D eigenvalue weighted by molar-refractivity contribution is 5.90. The minimum Gasteiger partial charge on any atom is -0.453 e. The summed E-state index contributed by atoms with van der Waals surface area (Å²) >= 11 is 0. The molecule has 61 heavy (non-hydrogen) atoms.